The van der Waals surface area contributed by atoms with E-state index in [0.29, 0.717) is 0 Å². The van der Waals surface area contributed by atoms with Crippen LogP contribution >= 0.6 is 0 Å². The normalized spacial score (nSPS) is 12.1. The van der Waals surface area contributed by atoms with Crippen LogP contribution in [0.3, 0.4) is 0 Å². The molecule has 3 N–H and O–H groups in total. The van der Waals surface area contributed by atoms with Gasteiger partial charge in [-0.25, -0.2) is 0 Å². The molecule has 0 aliphatic carbocycles. The number of phenolic OH excluding ortho intramolecular Hbond substituents is 1. The van der Waals surface area contributed by atoms with E-state index in [2.05, 4.69) is 0 Å². The van der Waals surface area contributed by atoms with Crippen LogP contribution in [0.4, 0.5) is 0 Å². The molecule has 1 aromatic rings. The number of rotatable bonds is 3. The summed E-state index contributed by atoms with van der Waals surface area (Å²) >= 11 is 0. The third kappa shape index (κ3) is 7.37. The monoisotopic (exact) mass is 228 g/mol. The molecule has 1 rings (SSSR count). The lowest BCUT2D eigenvalue weighted by Crippen LogP contribution is -2.13. The Kier molecular flexibility index (Phi) is 3.71. The Balaban J connectivity index is 0.000000621. The van der Waals surface area contributed by atoms with Gasteiger partial charge in [-0.2, -0.15) is 0 Å². The fraction of sp³-hybridized carbons (Fsp3) is 0.273. The van der Waals surface area contributed by atoms with Gasteiger partial charge in [0.1, 0.15) is 5.75 Å². The van der Waals surface area contributed by atoms with Crippen LogP contribution in [0, 0.1) is 0 Å². The number of aromatic hydroxyl groups is 1. The largest absolute Gasteiger partial charge is 0.508 e. The van der Waals surface area contributed by atoms with Crippen molar-refractivity contribution < 1.29 is 20.2 Å². The summed E-state index contributed by atoms with van der Waals surface area (Å²) in [5.74, 6) is -1.47. The van der Waals surface area contributed by atoms with Gasteiger partial charge in [0, 0.05) is 14.1 Å². The van der Waals surface area contributed by atoms with Crippen molar-refractivity contribution in [3.8, 4) is 5.75 Å². The van der Waals surface area contributed by atoms with E-state index < -0.39 is 35.8 Å². The van der Waals surface area contributed by atoms with Gasteiger partial charge >= 0.3 is 0 Å². The Labute approximate surface area is 100 Å². The second kappa shape index (κ2) is 7.28. The van der Waals surface area contributed by atoms with E-state index in [1.165, 1.54) is 4.90 Å². The summed E-state index contributed by atoms with van der Waals surface area (Å²) in [4.78, 5) is 21.5. The van der Waals surface area contributed by atoms with Crippen molar-refractivity contribution in [2.45, 2.75) is 6.42 Å². The predicted octanol–water partition coefficient (Wildman–Crippen LogP) is 0.124. The van der Waals surface area contributed by atoms with E-state index in [-0.39, 0.29) is 12.0 Å². The SMILES string of the molecule is CN(C)C=O.[2H]c1c([2H])c(CC(N)=O)c([2H])c([2H])c1O. The maximum Gasteiger partial charge on any atom is 0.221 e. The van der Waals surface area contributed by atoms with Gasteiger partial charge in [-0.3, -0.25) is 9.59 Å². The predicted molar refractivity (Wildman–Crippen MR) is 60.8 cm³/mol. The fourth-order valence-corrected chi connectivity index (χ4v) is 0.594. The number of hydrogen-bond donors (Lipinski definition) is 2. The van der Waals surface area contributed by atoms with Gasteiger partial charge in [0.25, 0.3) is 0 Å². The third-order valence-electron chi connectivity index (χ3n) is 1.23. The quantitative estimate of drug-likeness (QED) is 0.721. The minimum atomic E-state index is -0.749. The molecule has 0 atom stereocenters. The number of benzene rings is 1. The first-order valence-corrected chi connectivity index (χ1v) is 4.31. The first kappa shape index (κ1) is 8.15. The number of carbonyl (C=O) groups is 2. The van der Waals surface area contributed by atoms with Gasteiger partial charge in [0.2, 0.25) is 12.3 Å². The third-order valence-corrected chi connectivity index (χ3v) is 1.23. The smallest absolute Gasteiger partial charge is 0.221 e. The summed E-state index contributed by atoms with van der Waals surface area (Å²) in [6, 6.07) is -2.00. The zero-order valence-corrected chi connectivity index (χ0v) is 9.07. The van der Waals surface area contributed by atoms with E-state index in [9.17, 15) is 14.7 Å². The molecule has 0 radical (unpaired) electrons. The Morgan fingerprint density at radius 2 is 1.94 bits per heavy atom. The molecule has 0 spiro atoms. The Hall–Kier alpha value is -2.04. The molecule has 5 heteroatoms. The lowest BCUT2D eigenvalue weighted by Gasteiger charge is -1.96. The van der Waals surface area contributed by atoms with Crippen molar-refractivity contribution in [1.29, 1.82) is 0 Å². The van der Waals surface area contributed by atoms with Gasteiger partial charge < -0.3 is 15.7 Å². The number of amides is 2. The van der Waals surface area contributed by atoms with Gasteiger partial charge in [0.05, 0.1) is 11.9 Å². The molecule has 5 nitrogen and oxygen atoms in total. The highest BCUT2D eigenvalue weighted by Crippen LogP contribution is 2.09. The number of primary amides is 1. The lowest BCUT2D eigenvalue weighted by atomic mass is 10.1. The fourth-order valence-electron chi connectivity index (χ4n) is 0.594. The molecule has 0 aromatic heterocycles. The summed E-state index contributed by atoms with van der Waals surface area (Å²) < 4.78 is 29.4. The minimum absolute atomic E-state index is 0.102. The van der Waals surface area contributed by atoms with Crippen molar-refractivity contribution in [2.75, 3.05) is 14.1 Å². The molecule has 0 fully saturated rings. The van der Waals surface area contributed by atoms with Crippen molar-refractivity contribution in [2.24, 2.45) is 5.73 Å². The molecule has 0 saturated heterocycles. The summed E-state index contributed by atoms with van der Waals surface area (Å²) in [7, 11) is 3.38. The Bertz CT molecular complexity index is 492. The summed E-state index contributed by atoms with van der Waals surface area (Å²) in [5, 5.41) is 9.20. The second-order valence-corrected chi connectivity index (χ2v) is 3.04. The molecule has 88 valence electrons. The average Bonchev–Trinajstić information content (AvgIpc) is 2.39. The van der Waals surface area contributed by atoms with Crippen LogP contribution in [-0.4, -0.2) is 36.4 Å². The highest BCUT2D eigenvalue weighted by Gasteiger charge is 1.96. The number of phenols is 1. The van der Waals surface area contributed by atoms with E-state index in [1.54, 1.807) is 14.1 Å². The number of nitrogens with two attached hydrogens (primary N) is 1. The maximum absolute atomic E-state index is 10.7. The van der Waals surface area contributed by atoms with Crippen LogP contribution in [0.5, 0.6) is 5.75 Å². The van der Waals surface area contributed by atoms with Gasteiger partial charge in [-0.05, 0) is 17.6 Å². The van der Waals surface area contributed by atoms with Crippen molar-refractivity contribution in [3.05, 3.63) is 29.7 Å². The Morgan fingerprint density at radius 1 is 1.50 bits per heavy atom. The molecule has 0 saturated carbocycles. The van der Waals surface area contributed by atoms with Crippen LogP contribution in [0.2, 0.25) is 0 Å². The van der Waals surface area contributed by atoms with E-state index >= 15 is 0 Å². The van der Waals surface area contributed by atoms with Crippen molar-refractivity contribution >= 4 is 12.3 Å². The van der Waals surface area contributed by atoms with Crippen molar-refractivity contribution in [1.82, 2.24) is 4.90 Å². The molecule has 2 amide bonds. The highest BCUT2D eigenvalue weighted by molar-refractivity contribution is 5.76. The van der Waals surface area contributed by atoms with E-state index in [1.807, 2.05) is 0 Å². The molecule has 0 unspecified atom stereocenters. The zero-order valence-electron chi connectivity index (χ0n) is 13.1. The van der Waals surface area contributed by atoms with Crippen LogP contribution < -0.4 is 5.73 Å². The summed E-state index contributed by atoms with van der Waals surface area (Å²) in [6.07, 6.45) is 0.371. The molecule has 0 aliphatic heterocycles. The molecule has 1 aromatic carbocycles. The van der Waals surface area contributed by atoms with Crippen LogP contribution in [0.15, 0.2) is 24.2 Å². The number of nitrogens with zero attached hydrogens (tertiary/aromatic N) is 1. The topological polar surface area (TPSA) is 83.6 Å². The molecule has 16 heavy (non-hydrogen) atoms. The van der Waals surface area contributed by atoms with Crippen LogP contribution in [0.1, 0.15) is 11.0 Å². The van der Waals surface area contributed by atoms with Crippen LogP contribution in [-0.2, 0) is 16.0 Å². The standard InChI is InChI=1S/C8H9NO2.C3H7NO/c9-8(11)5-6-1-3-7(10)4-2-6;1-4(2)3-5/h1-4,10H,5H2,(H2,9,11);3H,1-2H3/i1D,2D,3D,4D;. The highest BCUT2D eigenvalue weighted by atomic mass is 16.3. The number of carbonyl (C=O) groups excluding carboxylic acids is 2. The minimum Gasteiger partial charge on any atom is -0.508 e. The van der Waals surface area contributed by atoms with Crippen LogP contribution in [0.25, 0.3) is 0 Å². The lowest BCUT2D eigenvalue weighted by molar-refractivity contribution is -0.117. The van der Waals surface area contributed by atoms with E-state index in [0.717, 1.165) is 6.41 Å². The molecule has 0 bridgehead atoms. The zero-order chi connectivity index (χ0) is 16.0. The first-order valence-electron chi connectivity index (χ1n) is 6.31. The summed E-state index contributed by atoms with van der Waals surface area (Å²) in [5.41, 5.74) is 4.81. The average molecular weight is 228 g/mol. The second-order valence-electron chi connectivity index (χ2n) is 3.04. The van der Waals surface area contributed by atoms with Gasteiger partial charge in [0.15, 0.2) is 0 Å². The molecular weight excluding hydrogens is 208 g/mol. The molecule has 0 heterocycles. The number of hydrogen-bond acceptors (Lipinski definition) is 3. The van der Waals surface area contributed by atoms with Crippen molar-refractivity contribution in [3.63, 3.8) is 0 Å². The molecular formula is C11H16N2O3. The summed E-state index contributed by atoms with van der Waals surface area (Å²) in [6.45, 7) is 0. The van der Waals surface area contributed by atoms with Gasteiger partial charge in [-0.1, -0.05) is 12.1 Å². The Morgan fingerprint density at radius 3 is 2.25 bits per heavy atom. The van der Waals surface area contributed by atoms with Gasteiger partial charge in [-0.15, -0.1) is 0 Å². The van der Waals surface area contributed by atoms with E-state index in [4.69, 9.17) is 11.2 Å². The molecule has 0 aliphatic rings. The first-order chi connectivity index (χ1) is 9.13. The maximum atomic E-state index is 10.7.